The average molecular weight is 180 g/mol. The first-order valence-corrected chi connectivity index (χ1v) is 3.39. The Morgan fingerprint density at radius 3 is 2.85 bits per heavy atom. The van der Waals surface area contributed by atoms with Crippen LogP contribution in [0.3, 0.4) is 0 Å². The predicted octanol–water partition coefficient (Wildman–Crippen LogP) is 1.18. The second-order valence-corrected chi connectivity index (χ2v) is 2.23. The molecular weight excluding hydrogens is 174 g/mol. The van der Waals surface area contributed by atoms with Crippen molar-refractivity contribution in [1.29, 1.82) is 0 Å². The Morgan fingerprint density at radius 2 is 2.31 bits per heavy atom. The van der Waals surface area contributed by atoms with E-state index in [4.69, 9.17) is 0 Å². The number of rotatable bonds is 2. The maximum absolute atomic E-state index is 10.9. The Balaban J connectivity index is 3.05. The van der Waals surface area contributed by atoms with Gasteiger partial charge in [0.05, 0.1) is 17.6 Å². The summed E-state index contributed by atoms with van der Waals surface area (Å²) in [4.78, 5) is 20.6. The molecule has 0 N–H and O–H groups in total. The van der Waals surface area contributed by atoms with Gasteiger partial charge >= 0.3 is 5.97 Å². The van der Waals surface area contributed by atoms with Crippen LogP contribution in [0.15, 0.2) is 18.2 Å². The molecule has 0 aliphatic heterocycles. The smallest absolute Gasteiger partial charge is 0.338 e. The van der Waals surface area contributed by atoms with Gasteiger partial charge in [-0.05, 0) is 12.1 Å². The molecule has 0 fully saturated rings. The van der Waals surface area contributed by atoms with Crippen LogP contribution in [-0.2, 0) is 4.74 Å². The summed E-state index contributed by atoms with van der Waals surface area (Å²) < 4.78 is 4.39. The van der Waals surface area contributed by atoms with Crippen molar-refractivity contribution in [3.63, 3.8) is 0 Å². The largest absolute Gasteiger partial charge is 0.465 e. The highest BCUT2D eigenvalue weighted by molar-refractivity contribution is 5.89. The van der Waals surface area contributed by atoms with Crippen LogP contribution in [0, 0.1) is 16.2 Å². The maximum atomic E-state index is 10.9. The molecule has 0 unspecified atom stereocenters. The first-order chi connectivity index (χ1) is 6.15. The van der Waals surface area contributed by atoms with Crippen LogP contribution in [0.5, 0.6) is 0 Å². The minimum absolute atomic E-state index is 0.122. The SMILES string of the molecule is COC(=O)c1c[c]cc([N+](=O)[O-])c1. The number of non-ortho nitro benzene ring substituents is 1. The second-order valence-electron chi connectivity index (χ2n) is 2.23. The molecule has 0 saturated carbocycles. The summed E-state index contributed by atoms with van der Waals surface area (Å²) in [5.41, 5.74) is -0.0559. The van der Waals surface area contributed by atoms with Crippen LogP contribution >= 0.6 is 0 Å². The van der Waals surface area contributed by atoms with Gasteiger partial charge in [0.15, 0.2) is 0 Å². The number of nitrogens with zero attached hydrogens (tertiary/aromatic N) is 1. The molecule has 0 aliphatic carbocycles. The van der Waals surface area contributed by atoms with Crippen molar-refractivity contribution in [3.8, 4) is 0 Å². The van der Waals surface area contributed by atoms with Crippen molar-refractivity contribution in [2.75, 3.05) is 7.11 Å². The van der Waals surface area contributed by atoms with Gasteiger partial charge in [-0.2, -0.15) is 0 Å². The molecule has 1 radical (unpaired) electrons. The van der Waals surface area contributed by atoms with Crippen LogP contribution in [0.25, 0.3) is 0 Å². The molecule has 0 spiro atoms. The molecule has 1 aromatic rings. The molecule has 0 atom stereocenters. The fourth-order valence-corrected chi connectivity index (χ4v) is 0.801. The summed E-state index contributed by atoms with van der Waals surface area (Å²) in [5.74, 6) is -0.611. The van der Waals surface area contributed by atoms with E-state index in [1.807, 2.05) is 0 Å². The highest BCUT2D eigenvalue weighted by Crippen LogP contribution is 2.12. The van der Waals surface area contributed by atoms with Gasteiger partial charge in [0.25, 0.3) is 5.69 Å². The standard InChI is InChI=1S/C8H6NO4/c1-13-8(10)6-3-2-4-7(5-6)9(11)12/h3-5H,1H3. The third-order valence-electron chi connectivity index (χ3n) is 1.41. The number of ether oxygens (including phenoxy) is 1. The van der Waals surface area contributed by atoms with E-state index >= 15 is 0 Å². The number of nitro benzene ring substituents is 1. The van der Waals surface area contributed by atoms with E-state index in [-0.39, 0.29) is 11.3 Å². The summed E-state index contributed by atoms with van der Waals surface area (Å²) in [5, 5.41) is 10.3. The molecule has 13 heavy (non-hydrogen) atoms. The van der Waals surface area contributed by atoms with Gasteiger partial charge < -0.3 is 4.74 Å². The molecular formula is C8H6NO4. The van der Waals surface area contributed by atoms with Crippen molar-refractivity contribution < 1.29 is 14.5 Å². The Kier molecular flexibility index (Phi) is 2.59. The highest BCUT2D eigenvalue weighted by atomic mass is 16.6. The van der Waals surface area contributed by atoms with Crippen LogP contribution in [-0.4, -0.2) is 18.0 Å². The molecule has 67 valence electrons. The van der Waals surface area contributed by atoms with Crippen LogP contribution < -0.4 is 0 Å². The third-order valence-corrected chi connectivity index (χ3v) is 1.41. The van der Waals surface area contributed by atoms with Gasteiger partial charge in [0.2, 0.25) is 0 Å². The zero-order valence-electron chi connectivity index (χ0n) is 6.81. The minimum atomic E-state index is -0.611. The molecule has 5 nitrogen and oxygen atoms in total. The van der Waals surface area contributed by atoms with E-state index in [1.165, 1.54) is 19.2 Å². The highest BCUT2D eigenvalue weighted by Gasteiger charge is 2.10. The number of nitro groups is 1. The maximum Gasteiger partial charge on any atom is 0.338 e. The molecule has 0 heterocycles. The van der Waals surface area contributed by atoms with Gasteiger partial charge in [-0.25, -0.2) is 4.79 Å². The Morgan fingerprint density at radius 1 is 1.62 bits per heavy atom. The number of carbonyl (C=O) groups excluding carboxylic acids is 1. The monoisotopic (exact) mass is 180 g/mol. The fourth-order valence-electron chi connectivity index (χ4n) is 0.801. The van der Waals surface area contributed by atoms with E-state index in [0.29, 0.717) is 0 Å². The van der Waals surface area contributed by atoms with Crippen molar-refractivity contribution in [1.82, 2.24) is 0 Å². The lowest BCUT2D eigenvalue weighted by Crippen LogP contribution is -2.01. The molecule has 0 aromatic heterocycles. The number of benzene rings is 1. The molecule has 1 rings (SSSR count). The van der Waals surface area contributed by atoms with E-state index in [2.05, 4.69) is 10.8 Å². The van der Waals surface area contributed by atoms with Crippen LogP contribution in [0.2, 0.25) is 0 Å². The van der Waals surface area contributed by atoms with Gasteiger partial charge in [-0.15, -0.1) is 0 Å². The molecule has 5 heteroatoms. The van der Waals surface area contributed by atoms with Crippen LogP contribution in [0.4, 0.5) is 5.69 Å². The van der Waals surface area contributed by atoms with E-state index < -0.39 is 10.9 Å². The van der Waals surface area contributed by atoms with E-state index in [0.717, 1.165) is 6.07 Å². The van der Waals surface area contributed by atoms with Gasteiger partial charge in [0, 0.05) is 12.1 Å². The first kappa shape index (κ1) is 9.18. The molecule has 0 amide bonds. The van der Waals surface area contributed by atoms with E-state index in [1.54, 1.807) is 0 Å². The van der Waals surface area contributed by atoms with Crippen molar-refractivity contribution in [3.05, 3.63) is 39.9 Å². The Hall–Kier alpha value is -1.91. The summed E-state index contributed by atoms with van der Waals surface area (Å²) in [7, 11) is 1.21. The molecule has 0 saturated heterocycles. The summed E-state index contributed by atoms with van der Waals surface area (Å²) in [6, 6.07) is 6.14. The zero-order chi connectivity index (χ0) is 9.84. The van der Waals surface area contributed by atoms with Crippen molar-refractivity contribution in [2.24, 2.45) is 0 Å². The quantitative estimate of drug-likeness (QED) is 0.389. The lowest BCUT2D eigenvalue weighted by molar-refractivity contribution is -0.384. The predicted molar refractivity (Wildman–Crippen MR) is 43.3 cm³/mol. The average Bonchev–Trinajstić information content (AvgIpc) is 2.17. The van der Waals surface area contributed by atoms with Gasteiger partial charge in [-0.1, -0.05) is 0 Å². The van der Waals surface area contributed by atoms with Crippen molar-refractivity contribution in [2.45, 2.75) is 0 Å². The van der Waals surface area contributed by atoms with Crippen LogP contribution in [0.1, 0.15) is 10.4 Å². The Bertz CT molecular complexity index is 348. The normalized spacial score (nSPS) is 9.31. The van der Waals surface area contributed by atoms with E-state index in [9.17, 15) is 14.9 Å². The number of esters is 1. The Labute approximate surface area is 74.1 Å². The lowest BCUT2D eigenvalue weighted by atomic mass is 10.2. The number of hydrogen-bond donors (Lipinski definition) is 0. The number of carbonyl (C=O) groups is 1. The summed E-state index contributed by atoms with van der Waals surface area (Å²) in [6.07, 6.45) is 0. The summed E-state index contributed by atoms with van der Waals surface area (Å²) in [6.45, 7) is 0. The van der Waals surface area contributed by atoms with Gasteiger partial charge in [0.1, 0.15) is 0 Å². The zero-order valence-corrected chi connectivity index (χ0v) is 6.81. The van der Waals surface area contributed by atoms with Gasteiger partial charge in [-0.3, -0.25) is 10.1 Å². The molecule has 0 bridgehead atoms. The molecule has 1 aromatic carbocycles. The topological polar surface area (TPSA) is 69.4 Å². The fraction of sp³-hybridized carbons (Fsp3) is 0.125. The number of hydrogen-bond acceptors (Lipinski definition) is 4. The minimum Gasteiger partial charge on any atom is -0.465 e. The third kappa shape index (κ3) is 2.02. The van der Waals surface area contributed by atoms with Crippen molar-refractivity contribution >= 4 is 11.7 Å². The lowest BCUT2D eigenvalue weighted by Gasteiger charge is -1.97. The molecule has 0 aliphatic rings. The summed E-state index contributed by atoms with van der Waals surface area (Å²) >= 11 is 0. The number of methoxy groups -OCH3 is 1. The second kappa shape index (κ2) is 3.66. The first-order valence-electron chi connectivity index (χ1n) is 3.39.